The fourth-order valence-corrected chi connectivity index (χ4v) is 2.25. The molecule has 1 aliphatic rings. The number of aromatic nitrogens is 2. The predicted octanol–water partition coefficient (Wildman–Crippen LogP) is -0.773. The number of aliphatic hydroxyl groups excluding tert-OH is 2. The Bertz CT molecular complexity index is 705. The van der Waals surface area contributed by atoms with Crippen LogP contribution in [0.4, 0.5) is 0 Å². The maximum Gasteiger partial charge on any atom is 0.330 e. The normalized spacial score (nSPS) is 31.6. The van der Waals surface area contributed by atoms with E-state index in [1.54, 1.807) is 0 Å². The maximum atomic E-state index is 11.8. The summed E-state index contributed by atoms with van der Waals surface area (Å²) >= 11 is 0. The Morgan fingerprint density at radius 3 is 2.90 bits per heavy atom. The van der Waals surface area contributed by atoms with Crippen molar-refractivity contribution in [1.82, 2.24) is 9.55 Å². The number of aliphatic hydroxyl groups is 2. The molecule has 112 valence electrons. The van der Waals surface area contributed by atoms with Gasteiger partial charge >= 0.3 is 5.69 Å². The third kappa shape index (κ3) is 2.36. The topological polar surface area (TPSA) is 153 Å². The van der Waals surface area contributed by atoms with Crippen molar-refractivity contribution in [2.45, 2.75) is 18.1 Å². The predicted molar refractivity (Wildman–Crippen MR) is 70.1 cm³/mol. The Labute approximate surface area is 117 Å². The zero-order valence-electron chi connectivity index (χ0n) is 10.8. The van der Waals surface area contributed by atoms with Gasteiger partial charge in [-0.3, -0.25) is 14.3 Å². The summed E-state index contributed by atoms with van der Waals surface area (Å²) in [6.45, 7) is 2.75. The van der Waals surface area contributed by atoms with E-state index in [0.29, 0.717) is 0 Å². The lowest BCUT2D eigenvalue weighted by Crippen LogP contribution is -2.42. The summed E-state index contributed by atoms with van der Waals surface area (Å²) in [7, 11) is 0. The maximum absolute atomic E-state index is 11.8. The van der Waals surface area contributed by atoms with Gasteiger partial charge in [-0.2, -0.15) is 0 Å². The standard InChI is InChI=1S/C11H13N5O5/c1-2-6-8(19)11(5-17,14-15-12)21-9(6)16-4-3-7(18)13-10(16)20/h2-4,6,8-9,17,19H,1,5H2,(H,13,18,20)/t6-,8+,9-,11-/m1/s1. The summed E-state index contributed by atoms with van der Waals surface area (Å²) in [6, 6.07) is 1.10. The van der Waals surface area contributed by atoms with Gasteiger partial charge in [0, 0.05) is 17.2 Å². The van der Waals surface area contributed by atoms with Crippen LogP contribution in [-0.4, -0.2) is 38.2 Å². The molecule has 0 amide bonds. The van der Waals surface area contributed by atoms with E-state index in [1.165, 1.54) is 12.3 Å². The van der Waals surface area contributed by atoms with Crippen LogP contribution < -0.4 is 11.2 Å². The number of H-pyrrole nitrogens is 1. The van der Waals surface area contributed by atoms with Crippen LogP contribution in [0.15, 0.2) is 39.6 Å². The van der Waals surface area contributed by atoms with Crippen LogP contribution in [0.2, 0.25) is 0 Å². The molecule has 1 aromatic rings. The monoisotopic (exact) mass is 295 g/mol. The molecule has 0 aliphatic carbocycles. The van der Waals surface area contributed by atoms with Crippen molar-refractivity contribution in [2.75, 3.05) is 6.61 Å². The number of aromatic amines is 1. The summed E-state index contributed by atoms with van der Waals surface area (Å²) in [6.07, 6.45) is 0.00899. The summed E-state index contributed by atoms with van der Waals surface area (Å²) in [5.41, 5.74) is 5.29. The fourth-order valence-electron chi connectivity index (χ4n) is 2.25. The average molecular weight is 295 g/mol. The van der Waals surface area contributed by atoms with Gasteiger partial charge in [0.1, 0.15) is 12.3 Å². The molecule has 0 radical (unpaired) electrons. The Balaban J connectivity index is 2.54. The van der Waals surface area contributed by atoms with E-state index in [9.17, 15) is 19.8 Å². The first-order valence-corrected chi connectivity index (χ1v) is 5.96. The van der Waals surface area contributed by atoms with Gasteiger partial charge in [0.25, 0.3) is 5.56 Å². The van der Waals surface area contributed by atoms with E-state index >= 15 is 0 Å². The fraction of sp³-hybridized carbons (Fsp3) is 0.455. The van der Waals surface area contributed by atoms with Crippen LogP contribution in [-0.2, 0) is 4.74 Å². The molecule has 0 unspecified atom stereocenters. The first kappa shape index (κ1) is 15.0. The number of ether oxygens (including phenoxy) is 1. The summed E-state index contributed by atoms with van der Waals surface area (Å²) in [5.74, 6) is -0.828. The molecule has 21 heavy (non-hydrogen) atoms. The molecule has 10 nitrogen and oxygen atoms in total. The second-order valence-electron chi connectivity index (χ2n) is 4.48. The molecule has 10 heteroatoms. The van der Waals surface area contributed by atoms with Gasteiger partial charge in [0.05, 0.1) is 12.5 Å². The zero-order valence-corrected chi connectivity index (χ0v) is 10.8. The number of rotatable bonds is 4. The molecule has 1 fully saturated rings. The van der Waals surface area contributed by atoms with E-state index in [1.807, 2.05) is 4.98 Å². The Hall–Kier alpha value is -2.39. The van der Waals surface area contributed by atoms with E-state index in [4.69, 9.17) is 10.3 Å². The van der Waals surface area contributed by atoms with Crippen LogP contribution in [0.1, 0.15) is 6.23 Å². The molecule has 1 saturated heterocycles. The highest BCUT2D eigenvalue weighted by Crippen LogP contribution is 2.42. The lowest BCUT2D eigenvalue weighted by atomic mass is 9.96. The van der Waals surface area contributed by atoms with E-state index in [-0.39, 0.29) is 0 Å². The van der Waals surface area contributed by atoms with Gasteiger partial charge in [-0.15, -0.1) is 6.58 Å². The second kappa shape index (κ2) is 5.54. The van der Waals surface area contributed by atoms with Crippen LogP contribution in [0, 0.1) is 5.92 Å². The van der Waals surface area contributed by atoms with E-state index in [2.05, 4.69) is 16.6 Å². The van der Waals surface area contributed by atoms with Gasteiger partial charge in [-0.25, -0.2) is 4.79 Å². The Kier molecular flexibility index (Phi) is 3.96. The van der Waals surface area contributed by atoms with Crippen molar-refractivity contribution in [2.24, 2.45) is 11.0 Å². The van der Waals surface area contributed by atoms with Crippen molar-refractivity contribution < 1.29 is 14.9 Å². The third-order valence-electron chi connectivity index (χ3n) is 3.32. The molecular weight excluding hydrogens is 282 g/mol. The minimum atomic E-state index is -1.92. The van der Waals surface area contributed by atoms with Gasteiger partial charge in [0.2, 0.25) is 0 Å². The summed E-state index contributed by atoms with van der Waals surface area (Å²) < 4.78 is 6.43. The molecule has 0 aromatic carbocycles. The number of hydrogen-bond acceptors (Lipinski definition) is 6. The van der Waals surface area contributed by atoms with Gasteiger partial charge in [-0.05, 0) is 5.53 Å². The lowest BCUT2D eigenvalue weighted by Gasteiger charge is -2.24. The number of azide groups is 1. The highest BCUT2D eigenvalue weighted by atomic mass is 16.6. The first-order valence-electron chi connectivity index (χ1n) is 5.96. The van der Waals surface area contributed by atoms with Crippen LogP contribution in [0.25, 0.3) is 10.4 Å². The minimum Gasteiger partial charge on any atom is -0.393 e. The van der Waals surface area contributed by atoms with Crippen molar-refractivity contribution in [3.8, 4) is 0 Å². The molecule has 3 N–H and O–H groups in total. The van der Waals surface area contributed by atoms with E-state index in [0.717, 1.165) is 10.6 Å². The molecule has 2 rings (SSSR count). The van der Waals surface area contributed by atoms with Crippen LogP contribution in [0.3, 0.4) is 0 Å². The summed E-state index contributed by atoms with van der Waals surface area (Å²) in [4.78, 5) is 27.5. The van der Waals surface area contributed by atoms with Crippen molar-refractivity contribution >= 4 is 0 Å². The van der Waals surface area contributed by atoms with Crippen molar-refractivity contribution in [3.05, 3.63) is 56.2 Å². The first-order chi connectivity index (χ1) is 9.99. The largest absolute Gasteiger partial charge is 0.393 e. The van der Waals surface area contributed by atoms with Crippen molar-refractivity contribution in [3.63, 3.8) is 0 Å². The van der Waals surface area contributed by atoms with Crippen molar-refractivity contribution in [1.29, 1.82) is 0 Å². The molecule has 2 heterocycles. The average Bonchev–Trinajstić information content (AvgIpc) is 2.72. The van der Waals surface area contributed by atoms with E-state index < -0.39 is 41.8 Å². The molecular formula is C11H13N5O5. The van der Waals surface area contributed by atoms with Crippen LogP contribution >= 0.6 is 0 Å². The molecule has 4 atom stereocenters. The summed E-state index contributed by atoms with van der Waals surface area (Å²) in [5, 5.41) is 22.9. The molecule has 0 bridgehead atoms. The highest BCUT2D eigenvalue weighted by molar-refractivity contribution is 5.05. The van der Waals surface area contributed by atoms with Gasteiger partial charge in [-0.1, -0.05) is 11.2 Å². The molecule has 1 aliphatic heterocycles. The molecule has 0 saturated carbocycles. The minimum absolute atomic E-state index is 0.589. The SMILES string of the molecule is C=C[C@H]1[C@H](n2ccc(=O)[nH]c2=O)O[C@@](CO)(N=[N+]=[N-])[C@H]1O. The molecule has 1 aromatic heterocycles. The lowest BCUT2D eigenvalue weighted by molar-refractivity contribution is -0.124. The molecule has 0 spiro atoms. The zero-order chi connectivity index (χ0) is 15.6. The Morgan fingerprint density at radius 1 is 1.67 bits per heavy atom. The smallest absolute Gasteiger partial charge is 0.330 e. The number of nitrogens with zero attached hydrogens (tertiary/aromatic N) is 4. The van der Waals surface area contributed by atoms with Crippen LogP contribution in [0.5, 0.6) is 0 Å². The second-order valence-corrected chi connectivity index (χ2v) is 4.48. The third-order valence-corrected chi connectivity index (χ3v) is 3.32. The number of hydrogen-bond donors (Lipinski definition) is 3. The highest BCUT2D eigenvalue weighted by Gasteiger charge is 2.54. The Morgan fingerprint density at radius 2 is 2.38 bits per heavy atom. The quantitative estimate of drug-likeness (QED) is 0.288. The van der Waals surface area contributed by atoms with Gasteiger partial charge in [0.15, 0.2) is 5.72 Å². The number of nitrogens with one attached hydrogen (secondary N) is 1. The van der Waals surface area contributed by atoms with Gasteiger partial charge < -0.3 is 14.9 Å².